The van der Waals surface area contributed by atoms with E-state index in [1.54, 1.807) is 37.4 Å². The topological polar surface area (TPSA) is 58.2 Å². The number of para-hydroxylation sites is 1. The lowest BCUT2D eigenvalue weighted by atomic mass is 10.1. The van der Waals surface area contributed by atoms with Crippen LogP contribution in [0.25, 0.3) is 0 Å². The van der Waals surface area contributed by atoms with Crippen molar-refractivity contribution >= 4 is 37.3 Å². The van der Waals surface area contributed by atoms with E-state index in [1.165, 1.54) is 0 Å². The Bertz CT molecular complexity index is 745. The predicted molar refractivity (Wildman–Crippen MR) is 90.3 cm³/mol. The standard InChI is InChI=1S/C15H17BrN2O2S/c1-3-11-10-12(16)8-9-13(11)18-21(19,20)15-7-5-4-6-14(15)17-2/h4-10,17-18H,3H2,1-2H3. The molecule has 2 rings (SSSR count). The fraction of sp³-hybridized carbons (Fsp3) is 0.200. The van der Waals surface area contributed by atoms with Gasteiger partial charge in [0.1, 0.15) is 4.90 Å². The van der Waals surface area contributed by atoms with E-state index in [0.29, 0.717) is 11.4 Å². The van der Waals surface area contributed by atoms with Gasteiger partial charge in [-0.1, -0.05) is 35.0 Å². The van der Waals surface area contributed by atoms with Crippen molar-refractivity contribution in [1.29, 1.82) is 0 Å². The lowest BCUT2D eigenvalue weighted by Crippen LogP contribution is -2.15. The van der Waals surface area contributed by atoms with Crippen LogP contribution in [-0.4, -0.2) is 15.5 Å². The molecule has 0 spiro atoms. The lowest BCUT2D eigenvalue weighted by Gasteiger charge is -2.14. The van der Waals surface area contributed by atoms with Gasteiger partial charge in [-0.3, -0.25) is 4.72 Å². The molecule has 0 bridgehead atoms. The summed E-state index contributed by atoms with van der Waals surface area (Å²) in [4.78, 5) is 0.234. The number of rotatable bonds is 5. The van der Waals surface area contributed by atoms with E-state index < -0.39 is 10.0 Å². The molecule has 4 nitrogen and oxygen atoms in total. The van der Waals surface area contributed by atoms with Gasteiger partial charge in [-0.05, 0) is 42.3 Å². The van der Waals surface area contributed by atoms with Crippen LogP contribution in [0, 0.1) is 0 Å². The number of hydrogen-bond acceptors (Lipinski definition) is 3. The SMILES string of the molecule is CCc1cc(Br)ccc1NS(=O)(=O)c1ccccc1NC. The van der Waals surface area contributed by atoms with Gasteiger partial charge in [0.25, 0.3) is 10.0 Å². The molecule has 0 aromatic heterocycles. The normalized spacial score (nSPS) is 11.2. The van der Waals surface area contributed by atoms with Crippen molar-refractivity contribution in [3.63, 3.8) is 0 Å². The fourth-order valence-corrected chi connectivity index (χ4v) is 3.79. The van der Waals surface area contributed by atoms with E-state index in [4.69, 9.17) is 0 Å². The van der Waals surface area contributed by atoms with Crippen molar-refractivity contribution in [3.05, 3.63) is 52.5 Å². The van der Waals surface area contributed by atoms with Crippen LogP contribution in [0.3, 0.4) is 0 Å². The highest BCUT2D eigenvalue weighted by Crippen LogP contribution is 2.27. The zero-order valence-corrected chi connectivity index (χ0v) is 14.3. The van der Waals surface area contributed by atoms with Gasteiger partial charge in [0, 0.05) is 11.5 Å². The monoisotopic (exact) mass is 368 g/mol. The summed E-state index contributed by atoms with van der Waals surface area (Å²) in [5.41, 5.74) is 2.11. The van der Waals surface area contributed by atoms with Gasteiger partial charge < -0.3 is 5.32 Å². The second-order valence-corrected chi connectivity index (χ2v) is 7.07. The number of halogens is 1. The first-order chi connectivity index (χ1) is 9.97. The van der Waals surface area contributed by atoms with Gasteiger partial charge in [0.05, 0.1) is 11.4 Å². The summed E-state index contributed by atoms with van der Waals surface area (Å²) in [7, 11) is -1.93. The molecule has 6 heteroatoms. The second kappa shape index (κ2) is 6.49. The van der Waals surface area contributed by atoms with E-state index in [2.05, 4.69) is 26.0 Å². The van der Waals surface area contributed by atoms with Crippen molar-refractivity contribution in [1.82, 2.24) is 0 Å². The van der Waals surface area contributed by atoms with Gasteiger partial charge in [0.15, 0.2) is 0 Å². The van der Waals surface area contributed by atoms with Crippen molar-refractivity contribution < 1.29 is 8.42 Å². The van der Waals surface area contributed by atoms with Crippen molar-refractivity contribution in [2.45, 2.75) is 18.2 Å². The third-order valence-electron chi connectivity index (χ3n) is 3.14. The molecule has 0 saturated carbocycles. The summed E-state index contributed by atoms with van der Waals surface area (Å²) in [5, 5.41) is 2.90. The quantitative estimate of drug-likeness (QED) is 0.842. The van der Waals surface area contributed by atoms with Gasteiger partial charge in [-0.25, -0.2) is 8.42 Å². The van der Waals surface area contributed by atoms with Gasteiger partial charge >= 0.3 is 0 Å². The summed E-state index contributed by atoms with van der Waals surface area (Å²) in [6, 6.07) is 12.3. The highest BCUT2D eigenvalue weighted by molar-refractivity contribution is 9.10. The van der Waals surface area contributed by atoms with Crippen LogP contribution >= 0.6 is 15.9 Å². The Hall–Kier alpha value is -1.53. The van der Waals surface area contributed by atoms with Crippen molar-refractivity contribution in [3.8, 4) is 0 Å². The smallest absolute Gasteiger partial charge is 0.263 e. The first kappa shape index (κ1) is 15.9. The van der Waals surface area contributed by atoms with Crippen LogP contribution < -0.4 is 10.0 Å². The molecule has 0 saturated heterocycles. The minimum atomic E-state index is -3.63. The van der Waals surface area contributed by atoms with Crippen LogP contribution in [0.5, 0.6) is 0 Å². The Balaban J connectivity index is 2.42. The molecule has 2 aromatic rings. The van der Waals surface area contributed by atoms with E-state index >= 15 is 0 Å². The minimum absolute atomic E-state index is 0.234. The van der Waals surface area contributed by atoms with Crippen LogP contribution in [0.15, 0.2) is 51.8 Å². The number of sulfonamides is 1. The Kier molecular flexibility index (Phi) is 4.90. The number of benzene rings is 2. The van der Waals surface area contributed by atoms with E-state index in [1.807, 2.05) is 19.1 Å². The molecule has 0 radical (unpaired) electrons. The zero-order chi connectivity index (χ0) is 15.5. The molecule has 112 valence electrons. The summed E-state index contributed by atoms with van der Waals surface area (Å²) >= 11 is 3.40. The third kappa shape index (κ3) is 3.57. The maximum Gasteiger partial charge on any atom is 0.263 e. The van der Waals surface area contributed by atoms with E-state index in [0.717, 1.165) is 16.5 Å². The fourth-order valence-electron chi connectivity index (χ4n) is 2.06. The van der Waals surface area contributed by atoms with Crippen LogP contribution in [-0.2, 0) is 16.4 Å². The molecule has 0 unspecified atom stereocenters. The Morgan fingerprint density at radius 2 is 1.81 bits per heavy atom. The van der Waals surface area contributed by atoms with E-state index in [9.17, 15) is 8.42 Å². The molecular weight excluding hydrogens is 352 g/mol. The lowest BCUT2D eigenvalue weighted by molar-refractivity contribution is 0.601. The first-order valence-electron chi connectivity index (χ1n) is 6.56. The second-order valence-electron chi connectivity index (χ2n) is 4.51. The highest BCUT2D eigenvalue weighted by atomic mass is 79.9. The zero-order valence-electron chi connectivity index (χ0n) is 11.9. The maximum absolute atomic E-state index is 12.6. The Labute approximate surface area is 133 Å². The van der Waals surface area contributed by atoms with Crippen LogP contribution in [0.1, 0.15) is 12.5 Å². The number of nitrogens with one attached hydrogen (secondary N) is 2. The average Bonchev–Trinajstić information content (AvgIpc) is 2.48. The van der Waals surface area contributed by atoms with E-state index in [-0.39, 0.29) is 4.90 Å². The predicted octanol–water partition coefficient (Wildman–Crippen LogP) is 3.85. The summed E-state index contributed by atoms with van der Waals surface area (Å²) < 4.78 is 28.7. The molecule has 0 aliphatic carbocycles. The average molecular weight is 369 g/mol. The van der Waals surface area contributed by atoms with Gasteiger partial charge in [-0.15, -0.1) is 0 Å². The molecule has 0 atom stereocenters. The number of hydrogen-bond donors (Lipinski definition) is 2. The third-order valence-corrected chi connectivity index (χ3v) is 5.06. The number of anilines is 2. The molecular formula is C15H17BrN2O2S. The largest absolute Gasteiger partial charge is 0.387 e. The summed E-state index contributed by atoms with van der Waals surface area (Å²) in [6.07, 6.45) is 0.741. The molecule has 0 amide bonds. The van der Waals surface area contributed by atoms with Crippen molar-refractivity contribution in [2.24, 2.45) is 0 Å². The molecule has 0 aliphatic heterocycles. The molecule has 2 aromatic carbocycles. The summed E-state index contributed by atoms with van der Waals surface area (Å²) in [5.74, 6) is 0. The Morgan fingerprint density at radius 3 is 2.48 bits per heavy atom. The molecule has 2 N–H and O–H groups in total. The first-order valence-corrected chi connectivity index (χ1v) is 8.83. The molecule has 0 heterocycles. The maximum atomic E-state index is 12.6. The van der Waals surface area contributed by atoms with Crippen LogP contribution in [0.4, 0.5) is 11.4 Å². The molecule has 21 heavy (non-hydrogen) atoms. The highest BCUT2D eigenvalue weighted by Gasteiger charge is 2.19. The Morgan fingerprint density at radius 1 is 1.10 bits per heavy atom. The minimum Gasteiger partial charge on any atom is -0.387 e. The molecule has 0 aliphatic rings. The van der Waals surface area contributed by atoms with Crippen molar-refractivity contribution in [2.75, 3.05) is 17.1 Å². The van der Waals surface area contributed by atoms with Crippen LogP contribution in [0.2, 0.25) is 0 Å². The van der Waals surface area contributed by atoms with Gasteiger partial charge in [0.2, 0.25) is 0 Å². The number of aryl methyl sites for hydroxylation is 1. The molecule has 0 fully saturated rings. The summed E-state index contributed by atoms with van der Waals surface area (Å²) in [6.45, 7) is 1.99. The van der Waals surface area contributed by atoms with Gasteiger partial charge in [-0.2, -0.15) is 0 Å².